The molecule has 5 heteroatoms. The molecule has 4 nitrogen and oxygen atoms in total. The first-order chi connectivity index (χ1) is 8.15. The van der Waals surface area contributed by atoms with Crippen molar-refractivity contribution < 1.29 is 14.2 Å². The van der Waals surface area contributed by atoms with Crippen LogP contribution in [0.25, 0.3) is 0 Å². The minimum atomic E-state index is -0.984. The van der Waals surface area contributed by atoms with Gasteiger partial charge in [-0.05, 0) is 27.7 Å². The topological polar surface area (TPSA) is 40.6 Å². The van der Waals surface area contributed by atoms with Gasteiger partial charge in [0.15, 0.2) is 0 Å². The zero-order valence-electron chi connectivity index (χ0n) is 11.0. The number of rotatable bonds is 8. The van der Waals surface area contributed by atoms with E-state index in [2.05, 4.69) is 4.98 Å². The fourth-order valence-electron chi connectivity index (χ4n) is 1.61. The van der Waals surface area contributed by atoms with Gasteiger partial charge in [-0.15, -0.1) is 11.3 Å². The van der Waals surface area contributed by atoms with Crippen LogP contribution in [0.5, 0.6) is 0 Å². The predicted molar refractivity (Wildman–Crippen MR) is 68.2 cm³/mol. The lowest BCUT2D eigenvalue weighted by Gasteiger charge is -2.31. The molecule has 0 unspecified atom stereocenters. The van der Waals surface area contributed by atoms with E-state index in [1.54, 1.807) is 11.3 Å². The fraction of sp³-hybridized carbons (Fsp3) is 0.750. The van der Waals surface area contributed by atoms with E-state index in [-0.39, 0.29) is 0 Å². The van der Waals surface area contributed by atoms with Crippen LogP contribution in [-0.4, -0.2) is 30.8 Å². The Morgan fingerprint density at radius 2 is 1.65 bits per heavy atom. The summed E-state index contributed by atoms with van der Waals surface area (Å²) in [6, 6.07) is 0. The van der Waals surface area contributed by atoms with Gasteiger partial charge in [-0.2, -0.15) is 0 Å². The second-order valence-electron chi connectivity index (χ2n) is 3.54. The molecule has 17 heavy (non-hydrogen) atoms. The normalized spacial score (nSPS) is 12.0. The van der Waals surface area contributed by atoms with E-state index < -0.39 is 5.97 Å². The van der Waals surface area contributed by atoms with Gasteiger partial charge in [0.05, 0.1) is 6.42 Å². The van der Waals surface area contributed by atoms with Crippen molar-refractivity contribution >= 4 is 11.3 Å². The maximum absolute atomic E-state index is 5.65. The minimum absolute atomic E-state index is 0.529. The zero-order valence-corrected chi connectivity index (χ0v) is 11.8. The van der Waals surface area contributed by atoms with Crippen LogP contribution in [0.4, 0.5) is 0 Å². The Kier molecular flexibility index (Phi) is 6.05. The van der Waals surface area contributed by atoms with E-state index in [1.807, 2.05) is 33.1 Å². The molecular formula is C12H21NO3S. The van der Waals surface area contributed by atoms with Gasteiger partial charge in [0.1, 0.15) is 5.01 Å². The number of hydrogen-bond acceptors (Lipinski definition) is 5. The van der Waals surface area contributed by atoms with Crippen LogP contribution >= 0.6 is 11.3 Å². The fourth-order valence-corrected chi connectivity index (χ4v) is 2.42. The van der Waals surface area contributed by atoms with E-state index in [0.29, 0.717) is 26.2 Å². The standard InChI is InChI=1S/C12H21NO3S/c1-5-14-12(15-6-2,16-7-3)8-11-13-10(4)9-17-11/h9H,5-8H2,1-4H3. The van der Waals surface area contributed by atoms with Gasteiger partial charge in [0, 0.05) is 30.9 Å². The van der Waals surface area contributed by atoms with Gasteiger partial charge in [0.2, 0.25) is 0 Å². The van der Waals surface area contributed by atoms with Crippen molar-refractivity contribution in [2.75, 3.05) is 19.8 Å². The number of aryl methyl sites for hydroxylation is 1. The van der Waals surface area contributed by atoms with Gasteiger partial charge >= 0.3 is 0 Å². The van der Waals surface area contributed by atoms with Crippen molar-refractivity contribution in [3.05, 3.63) is 16.1 Å². The maximum Gasteiger partial charge on any atom is 0.289 e. The number of hydrogen-bond donors (Lipinski definition) is 0. The summed E-state index contributed by atoms with van der Waals surface area (Å²) >= 11 is 1.60. The first kappa shape index (κ1) is 14.6. The van der Waals surface area contributed by atoms with E-state index in [1.165, 1.54) is 0 Å². The molecule has 1 aromatic heterocycles. The summed E-state index contributed by atoms with van der Waals surface area (Å²) in [5.41, 5.74) is 1.02. The number of thiazole rings is 1. The highest BCUT2D eigenvalue weighted by Crippen LogP contribution is 2.23. The highest BCUT2D eigenvalue weighted by atomic mass is 32.1. The molecule has 0 atom stereocenters. The van der Waals surface area contributed by atoms with Crippen LogP contribution in [-0.2, 0) is 20.6 Å². The van der Waals surface area contributed by atoms with Crippen molar-refractivity contribution in [2.24, 2.45) is 0 Å². The minimum Gasteiger partial charge on any atom is -0.327 e. The highest BCUT2D eigenvalue weighted by molar-refractivity contribution is 7.09. The summed E-state index contributed by atoms with van der Waals surface area (Å²) in [6.07, 6.45) is 0.529. The van der Waals surface area contributed by atoms with E-state index in [0.717, 1.165) is 10.7 Å². The first-order valence-corrected chi connectivity index (χ1v) is 6.86. The third-order valence-electron chi connectivity index (χ3n) is 2.13. The lowest BCUT2D eigenvalue weighted by molar-refractivity contribution is -0.375. The summed E-state index contributed by atoms with van der Waals surface area (Å²) in [4.78, 5) is 4.42. The Bertz CT molecular complexity index is 310. The highest BCUT2D eigenvalue weighted by Gasteiger charge is 2.34. The molecule has 0 aromatic carbocycles. The Hall–Kier alpha value is -0.490. The average Bonchev–Trinajstić information content (AvgIpc) is 2.65. The molecule has 1 aromatic rings. The summed E-state index contributed by atoms with van der Waals surface area (Å²) in [6.45, 7) is 9.41. The number of nitrogens with zero attached hydrogens (tertiary/aromatic N) is 1. The SMILES string of the molecule is CCOC(Cc1nc(C)cs1)(OCC)OCC. The lowest BCUT2D eigenvalue weighted by Crippen LogP contribution is -2.41. The quantitative estimate of drug-likeness (QED) is 0.673. The van der Waals surface area contributed by atoms with Crippen molar-refractivity contribution in [1.29, 1.82) is 0 Å². The van der Waals surface area contributed by atoms with E-state index >= 15 is 0 Å². The summed E-state index contributed by atoms with van der Waals surface area (Å²) in [7, 11) is 0. The Morgan fingerprint density at radius 3 is 2.00 bits per heavy atom. The molecule has 0 spiro atoms. The molecule has 98 valence electrons. The molecule has 0 radical (unpaired) electrons. The molecule has 0 saturated heterocycles. The Morgan fingerprint density at radius 1 is 1.12 bits per heavy atom. The largest absolute Gasteiger partial charge is 0.327 e. The van der Waals surface area contributed by atoms with Crippen molar-refractivity contribution in [1.82, 2.24) is 4.98 Å². The third kappa shape index (κ3) is 4.35. The van der Waals surface area contributed by atoms with Gasteiger partial charge in [0.25, 0.3) is 5.97 Å². The van der Waals surface area contributed by atoms with Crippen molar-refractivity contribution in [2.45, 2.75) is 40.1 Å². The van der Waals surface area contributed by atoms with Crippen molar-refractivity contribution in [3.8, 4) is 0 Å². The van der Waals surface area contributed by atoms with Gasteiger partial charge in [-0.1, -0.05) is 0 Å². The third-order valence-corrected chi connectivity index (χ3v) is 3.09. The van der Waals surface area contributed by atoms with E-state index in [4.69, 9.17) is 14.2 Å². The molecule has 0 N–H and O–H groups in total. The second-order valence-corrected chi connectivity index (χ2v) is 4.48. The summed E-state index contributed by atoms with van der Waals surface area (Å²) < 4.78 is 16.9. The van der Waals surface area contributed by atoms with Crippen LogP contribution in [0.2, 0.25) is 0 Å². The molecule has 0 aliphatic carbocycles. The maximum atomic E-state index is 5.65. The molecule has 0 saturated carbocycles. The Balaban J connectivity index is 2.79. The first-order valence-electron chi connectivity index (χ1n) is 5.98. The number of ether oxygens (including phenoxy) is 3. The van der Waals surface area contributed by atoms with E-state index in [9.17, 15) is 0 Å². The molecule has 0 bridgehead atoms. The molecule has 0 fully saturated rings. The Labute approximate surface area is 107 Å². The average molecular weight is 259 g/mol. The molecule has 0 aliphatic heterocycles. The molecule has 0 aliphatic rings. The molecule has 0 amide bonds. The van der Waals surface area contributed by atoms with Gasteiger partial charge in [-0.25, -0.2) is 4.98 Å². The smallest absolute Gasteiger partial charge is 0.289 e. The van der Waals surface area contributed by atoms with Crippen molar-refractivity contribution in [3.63, 3.8) is 0 Å². The van der Waals surface area contributed by atoms with Crippen LogP contribution in [0, 0.1) is 6.92 Å². The van der Waals surface area contributed by atoms with Crippen LogP contribution < -0.4 is 0 Å². The van der Waals surface area contributed by atoms with Crippen LogP contribution in [0.1, 0.15) is 31.5 Å². The monoisotopic (exact) mass is 259 g/mol. The second kappa shape index (κ2) is 7.06. The molecule has 1 heterocycles. The predicted octanol–water partition coefficient (Wildman–Crippen LogP) is 2.76. The lowest BCUT2D eigenvalue weighted by atomic mass is 10.3. The van der Waals surface area contributed by atoms with Crippen LogP contribution in [0.15, 0.2) is 5.38 Å². The summed E-state index contributed by atoms with van der Waals surface area (Å²) in [5, 5.41) is 2.99. The molecule has 1 rings (SSSR count). The van der Waals surface area contributed by atoms with Gasteiger partial charge < -0.3 is 14.2 Å². The van der Waals surface area contributed by atoms with Gasteiger partial charge in [-0.3, -0.25) is 0 Å². The molecular weight excluding hydrogens is 238 g/mol. The number of aromatic nitrogens is 1. The zero-order chi connectivity index (χ0) is 12.7. The van der Waals surface area contributed by atoms with Crippen LogP contribution in [0.3, 0.4) is 0 Å². The summed E-state index contributed by atoms with van der Waals surface area (Å²) in [5.74, 6) is -0.984.